The van der Waals surface area contributed by atoms with E-state index in [1.54, 1.807) is 60.9 Å². The zero-order valence-electron chi connectivity index (χ0n) is 13.0. The zero-order chi connectivity index (χ0) is 17.2. The molecule has 2 aromatic carbocycles. The third-order valence-electron chi connectivity index (χ3n) is 3.60. The van der Waals surface area contributed by atoms with Crippen LogP contribution in [0.1, 0.15) is 0 Å². The lowest BCUT2D eigenvalue weighted by Crippen LogP contribution is -1.97. The second-order valence-corrected chi connectivity index (χ2v) is 5.28. The molecule has 4 aromatic rings. The van der Waals surface area contributed by atoms with Crippen LogP contribution in [-0.4, -0.2) is 29.8 Å². The predicted molar refractivity (Wildman–Crippen MR) is 90.5 cm³/mol. The zero-order valence-corrected chi connectivity index (χ0v) is 13.0. The summed E-state index contributed by atoms with van der Waals surface area (Å²) in [5, 5.41) is 28.3. The Balaban J connectivity index is 1.56. The molecule has 4 rings (SSSR count). The number of benzene rings is 2. The highest BCUT2D eigenvalue weighted by molar-refractivity contribution is 5.46. The molecule has 0 atom stereocenters. The number of nitrogens with zero attached hydrogens (tertiary/aromatic N) is 4. The first-order valence-electron chi connectivity index (χ1n) is 7.57. The maximum Gasteiger partial charge on any atom is 0.240 e. The molecule has 7 heteroatoms. The molecule has 0 amide bonds. The van der Waals surface area contributed by atoms with E-state index in [1.165, 1.54) is 9.36 Å². The second-order valence-electron chi connectivity index (χ2n) is 5.28. The summed E-state index contributed by atoms with van der Waals surface area (Å²) in [6.07, 6.45) is 3.37. The molecule has 0 saturated carbocycles. The summed E-state index contributed by atoms with van der Waals surface area (Å²) in [4.78, 5) is 0. The fourth-order valence-electron chi connectivity index (χ4n) is 2.41. The van der Waals surface area contributed by atoms with E-state index >= 15 is 0 Å². The SMILES string of the molecule is Oc1ccccc1-n1ccc(Oc2ccn(-c3ccccc3O)n2)n1. The van der Waals surface area contributed by atoms with E-state index in [4.69, 9.17) is 4.74 Å². The summed E-state index contributed by atoms with van der Waals surface area (Å²) in [6.45, 7) is 0. The van der Waals surface area contributed by atoms with Crippen LogP contribution >= 0.6 is 0 Å². The smallest absolute Gasteiger partial charge is 0.240 e. The molecule has 2 heterocycles. The van der Waals surface area contributed by atoms with Gasteiger partial charge in [0.05, 0.1) is 0 Å². The van der Waals surface area contributed by atoms with Gasteiger partial charge >= 0.3 is 0 Å². The number of aromatic hydroxyl groups is 2. The van der Waals surface area contributed by atoms with Crippen LogP contribution in [-0.2, 0) is 0 Å². The Kier molecular flexibility index (Phi) is 3.59. The second kappa shape index (κ2) is 6.04. The van der Waals surface area contributed by atoms with Gasteiger partial charge in [0.1, 0.15) is 22.9 Å². The summed E-state index contributed by atoms with van der Waals surface area (Å²) in [5.74, 6) is 0.929. The number of para-hydroxylation sites is 4. The van der Waals surface area contributed by atoms with Crippen LogP contribution in [0.5, 0.6) is 23.3 Å². The van der Waals surface area contributed by atoms with Crippen LogP contribution in [0.4, 0.5) is 0 Å². The van der Waals surface area contributed by atoms with E-state index < -0.39 is 0 Å². The van der Waals surface area contributed by atoms with Crippen LogP contribution in [0.2, 0.25) is 0 Å². The molecular formula is C18H14N4O3. The van der Waals surface area contributed by atoms with Gasteiger partial charge < -0.3 is 14.9 Å². The lowest BCUT2D eigenvalue weighted by atomic mass is 10.3. The van der Waals surface area contributed by atoms with Crippen molar-refractivity contribution in [2.75, 3.05) is 0 Å². The molecule has 0 aliphatic carbocycles. The van der Waals surface area contributed by atoms with Crippen molar-refractivity contribution < 1.29 is 14.9 Å². The lowest BCUT2D eigenvalue weighted by Gasteiger charge is -2.04. The van der Waals surface area contributed by atoms with Gasteiger partial charge in [-0.1, -0.05) is 24.3 Å². The normalized spacial score (nSPS) is 10.7. The van der Waals surface area contributed by atoms with Crippen molar-refractivity contribution in [2.24, 2.45) is 0 Å². The van der Waals surface area contributed by atoms with E-state index in [-0.39, 0.29) is 11.5 Å². The van der Waals surface area contributed by atoms with Crippen LogP contribution < -0.4 is 4.74 Å². The van der Waals surface area contributed by atoms with Gasteiger partial charge in [-0.25, -0.2) is 9.36 Å². The molecule has 0 radical (unpaired) electrons. The summed E-state index contributed by atoms with van der Waals surface area (Å²) in [6, 6.07) is 17.1. The molecule has 7 nitrogen and oxygen atoms in total. The van der Waals surface area contributed by atoms with Crippen LogP contribution in [0.3, 0.4) is 0 Å². The van der Waals surface area contributed by atoms with Gasteiger partial charge in [0.2, 0.25) is 11.8 Å². The van der Waals surface area contributed by atoms with E-state index in [0.29, 0.717) is 23.1 Å². The minimum atomic E-state index is 0.126. The molecule has 2 aromatic heterocycles. The first-order chi connectivity index (χ1) is 12.2. The highest BCUT2D eigenvalue weighted by atomic mass is 16.5. The van der Waals surface area contributed by atoms with E-state index in [1.807, 2.05) is 12.1 Å². The van der Waals surface area contributed by atoms with Crippen LogP contribution in [0.25, 0.3) is 11.4 Å². The third-order valence-corrected chi connectivity index (χ3v) is 3.60. The Labute approximate surface area is 143 Å². The summed E-state index contributed by atoms with van der Waals surface area (Å²) >= 11 is 0. The summed E-state index contributed by atoms with van der Waals surface area (Å²) < 4.78 is 8.67. The minimum Gasteiger partial charge on any atom is -0.506 e. The highest BCUT2D eigenvalue weighted by Crippen LogP contribution is 2.25. The number of hydrogen-bond donors (Lipinski definition) is 2. The topological polar surface area (TPSA) is 85.3 Å². The minimum absolute atomic E-state index is 0.126. The Morgan fingerprint density at radius 2 is 1.08 bits per heavy atom. The fourth-order valence-corrected chi connectivity index (χ4v) is 2.41. The first-order valence-corrected chi connectivity index (χ1v) is 7.57. The van der Waals surface area contributed by atoms with Crippen molar-refractivity contribution in [3.05, 3.63) is 73.1 Å². The quantitative estimate of drug-likeness (QED) is 0.598. The van der Waals surface area contributed by atoms with Gasteiger partial charge in [0.15, 0.2) is 0 Å². The predicted octanol–water partition coefficient (Wildman–Crippen LogP) is 3.26. The molecule has 0 aliphatic heterocycles. The molecule has 25 heavy (non-hydrogen) atoms. The molecule has 0 unspecified atom stereocenters. The van der Waals surface area contributed by atoms with E-state index in [9.17, 15) is 10.2 Å². The van der Waals surface area contributed by atoms with Crippen LogP contribution in [0, 0.1) is 0 Å². The molecule has 124 valence electrons. The van der Waals surface area contributed by atoms with Crippen LogP contribution in [0.15, 0.2) is 73.1 Å². The number of ether oxygens (including phenoxy) is 1. The standard InChI is InChI=1S/C18H14N4O3/c23-15-7-3-1-5-13(15)21-11-9-17(19-21)25-18-10-12-22(20-18)14-6-2-4-8-16(14)24/h1-12,23-24H. The molecule has 0 spiro atoms. The fraction of sp³-hybridized carbons (Fsp3) is 0. The average Bonchev–Trinajstić information content (AvgIpc) is 3.26. The van der Waals surface area contributed by atoms with Crippen molar-refractivity contribution >= 4 is 0 Å². The molecule has 0 saturated heterocycles. The van der Waals surface area contributed by atoms with Gasteiger partial charge in [0.25, 0.3) is 0 Å². The Bertz CT molecular complexity index is 941. The number of phenolic OH excluding ortho intramolecular Hbond substituents is 2. The van der Waals surface area contributed by atoms with Gasteiger partial charge in [-0.2, -0.15) is 0 Å². The van der Waals surface area contributed by atoms with E-state index in [0.717, 1.165) is 0 Å². The van der Waals surface area contributed by atoms with Crippen molar-refractivity contribution in [1.29, 1.82) is 0 Å². The summed E-state index contributed by atoms with van der Waals surface area (Å²) in [5.41, 5.74) is 1.11. The average molecular weight is 334 g/mol. The van der Waals surface area contributed by atoms with Gasteiger partial charge in [0, 0.05) is 24.5 Å². The molecule has 0 bridgehead atoms. The molecule has 0 fully saturated rings. The van der Waals surface area contributed by atoms with Crippen molar-refractivity contribution in [3.63, 3.8) is 0 Å². The van der Waals surface area contributed by atoms with Gasteiger partial charge in [-0.05, 0) is 24.3 Å². The Hall–Kier alpha value is -3.74. The maximum absolute atomic E-state index is 9.88. The van der Waals surface area contributed by atoms with E-state index in [2.05, 4.69) is 10.2 Å². The number of aromatic nitrogens is 4. The van der Waals surface area contributed by atoms with Crippen molar-refractivity contribution in [1.82, 2.24) is 19.6 Å². The number of hydrogen-bond acceptors (Lipinski definition) is 5. The lowest BCUT2D eigenvalue weighted by molar-refractivity contribution is 0.432. The molecular weight excluding hydrogens is 320 g/mol. The molecule has 2 N–H and O–H groups in total. The monoisotopic (exact) mass is 334 g/mol. The first kappa shape index (κ1) is 14.8. The Morgan fingerprint density at radius 1 is 0.640 bits per heavy atom. The third kappa shape index (κ3) is 2.90. The van der Waals surface area contributed by atoms with Gasteiger partial charge in [-0.15, -0.1) is 10.2 Å². The maximum atomic E-state index is 9.88. The summed E-state index contributed by atoms with van der Waals surface area (Å²) in [7, 11) is 0. The largest absolute Gasteiger partial charge is 0.506 e. The Morgan fingerprint density at radius 3 is 1.52 bits per heavy atom. The number of rotatable bonds is 4. The van der Waals surface area contributed by atoms with Crippen molar-refractivity contribution in [3.8, 4) is 34.6 Å². The van der Waals surface area contributed by atoms with Crippen molar-refractivity contribution in [2.45, 2.75) is 0 Å². The molecule has 0 aliphatic rings. The van der Waals surface area contributed by atoms with Gasteiger partial charge in [-0.3, -0.25) is 0 Å². The highest BCUT2D eigenvalue weighted by Gasteiger charge is 2.10. The number of phenols is 2.